The molecular weight excluding hydrogens is 257 g/mol. The third kappa shape index (κ3) is 2.44. The molecule has 6 heteroatoms. The van der Waals surface area contributed by atoms with Crippen LogP contribution in [0.25, 0.3) is 0 Å². The summed E-state index contributed by atoms with van der Waals surface area (Å²) in [6.07, 6.45) is -4.18. The van der Waals surface area contributed by atoms with E-state index in [0.717, 1.165) is 6.26 Å². The van der Waals surface area contributed by atoms with Gasteiger partial charge >= 0.3 is 6.18 Å². The number of allylic oxidation sites excluding steroid dienone is 1. The lowest BCUT2D eigenvalue weighted by Gasteiger charge is -2.17. The largest absolute Gasteiger partial charge is 0.464 e. The van der Waals surface area contributed by atoms with Crippen molar-refractivity contribution in [1.82, 2.24) is 0 Å². The van der Waals surface area contributed by atoms with E-state index in [0.29, 0.717) is 16.3 Å². The first-order chi connectivity index (χ1) is 7.88. The van der Waals surface area contributed by atoms with Crippen molar-refractivity contribution >= 4 is 17.4 Å². The molecule has 90 valence electrons. The van der Waals surface area contributed by atoms with Crippen molar-refractivity contribution in [2.45, 2.75) is 12.6 Å². The number of hydrogen-bond donors (Lipinski definition) is 0. The minimum Gasteiger partial charge on any atom is -0.464 e. The number of rotatable bonds is 1. The molecule has 0 saturated heterocycles. The number of carbonyl (C=O) groups excluding carboxylic acids is 1. The van der Waals surface area contributed by atoms with E-state index in [1.54, 1.807) is 12.1 Å². The Morgan fingerprint density at radius 1 is 1.35 bits per heavy atom. The molecule has 0 bridgehead atoms. The molecule has 1 aromatic rings. The Bertz CT molecular complexity index is 506. The number of ketones is 1. The second kappa shape index (κ2) is 4.07. The number of alkyl halides is 3. The van der Waals surface area contributed by atoms with Gasteiger partial charge < -0.3 is 4.74 Å². The highest BCUT2D eigenvalue weighted by molar-refractivity contribution is 6.30. The Labute approximate surface area is 99.6 Å². The second-order valence-electron chi connectivity index (χ2n) is 3.52. The maximum absolute atomic E-state index is 12.2. The lowest BCUT2D eigenvalue weighted by Crippen LogP contribution is -2.27. The second-order valence-corrected chi connectivity index (χ2v) is 3.95. The van der Waals surface area contributed by atoms with Crippen LogP contribution >= 0.6 is 11.6 Å². The van der Waals surface area contributed by atoms with Crippen LogP contribution in [0.1, 0.15) is 5.56 Å². The van der Waals surface area contributed by atoms with Crippen LogP contribution < -0.4 is 4.74 Å². The van der Waals surface area contributed by atoms with Gasteiger partial charge in [-0.15, -0.1) is 0 Å². The molecule has 0 fully saturated rings. The molecule has 1 heterocycles. The molecule has 0 aromatic heterocycles. The Morgan fingerprint density at radius 3 is 2.71 bits per heavy atom. The fourth-order valence-electron chi connectivity index (χ4n) is 1.50. The van der Waals surface area contributed by atoms with E-state index in [9.17, 15) is 18.0 Å². The topological polar surface area (TPSA) is 26.3 Å². The molecule has 1 aromatic carbocycles. The van der Waals surface area contributed by atoms with Gasteiger partial charge in [-0.3, -0.25) is 4.79 Å². The summed E-state index contributed by atoms with van der Waals surface area (Å²) in [5, 5.41) is 0.382. The number of benzene rings is 1. The van der Waals surface area contributed by atoms with Crippen molar-refractivity contribution < 1.29 is 22.7 Å². The van der Waals surface area contributed by atoms with Gasteiger partial charge in [-0.05, 0) is 18.2 Å². The lowest BCUT2D eigenvalue weighted by molar-refractivity contribution is -0.166. The van der Waals surface area contributed by atoms with Gasteiger partial charge in [-0.2, -0.15) is 13.2 Å². The van der Waals surface area contributed by atoms with Crippen LogP contribution in [0.15, 0.2) is 30.0 Å². The summed E-state index contributed by atoms with van der Waals surface area (Å²) in [6.45, 7) is 0. The first kappa shape index (κ1) is 12.0. The molecule has 2 rings (SSSR count). The molecule has 1 aliphatic heterocycles. The number of carbonyl (C=O) groups is 1. The Hall–Kier alpha value is -1.49. The Morgan fingerprint density at radius 2 is 2.06 bits per heavy atom. The smallest absolute Gasteiger partial charge is 0.454 e. The molecule has 0 saturated carbocycles. The molecule has 2 nitrogen and oxygen atoms in total. The zero-order chi connectivity index (χ0) is 12.6. The normalized spacial score (nSPS) is 14.7. The van der Waals surface area contributed by atoms with Gasteiger partial charge in [-0.25, -0.2) is 0 Å². The highest BCUT2D eigenvalue weighted by atomic mass is 35.5. The van der Waals surface area contributed by atoms with Crippen molar-refractivity contribution in [2.75, 3.05) is 0 Å². The molecular formula is C11H6ClF3O2. The van der Waals surface area contributed by atoms with Crippen molar-refractivity contribution in [3.63, 3.8) is 0 Å². The predicted molar refractivity (Wildman–Crippen MR) is 54.9 cm³/mol. The van der Waals surface area contributed by atoms with Crippen LogP contribution in [0.4, 0.5) is 13.2 Å². The first-order valence-electron chi connectivity index (χ1n) is 4.63. The maximum atomic E-state index is 12.2. The standard InChI is InChI=1S/C11H6ClF3O2/c12-8-1-2-9-6(4-8)3-7(5-17-9)10(16)11(13,14)15/h1-2,4-5H,3H2. The monoisotopic (exact) mass is 262 g/mol. The van der Waals surface area contributed by atoms with Crippen molar-refractivity contribution in [3.8, 4) is 5.75 Å². The third-order valence-electron chi connectivity index (χ3n) is 2.28. The highest BCUT2D eigenvalue weighted by Gasteiger charge is 2.41. The van der Waals surface area contributed by atoms with Gasteiger partial charge in [0, 0.05) is 22.6 Å². The summed E-state index contributed by atoms with van der Waals surface area (Å²) in [6, 6.07) is 4.58. The summed E-state index contributed by atoms with van der Waals surface area (Å²) in [4.78, 5) is 11.0. The number of hydrogen-bond acceptors (Lipinski definition) is 2. The summed E-state index contributed by atoms with van der Waals surface area (Å²) >= 11 is 5.71. The predicted octanol–water partition coefficient (Wildman–Crippen LogP) is 3.29. The number of fused-ring (bicyclic) bond motifs is 1. The molecule has 0 amide bonds. The molecule has 0 atom stereocenters. The van der Waals surface area contributed by atoms with E-state index in [-0.39, 0.29) is 6.42 Å². The molecule has 0 aliphatic carbocycles. The van der Waals surface area contributed by atoms with Crippen molar-refractivity contribution in [2.24, 2.45) is 0 Å². The lowest BCUT2D eigenvalue weighted by atomic mass is 10.00. The van der Waals surface area contributed by atoms with Crippen LogP contribution in [0.5, 0.6) is 5.75 Å². The SMILES string of the molecule is O=C(C1=COc2ccc(Cl)cc2C1)C(F)(F)F. The average molecular weight is 263 g/mol. The van der Waals surface area contributed by atoms with Gasteiger partial charge in [0.2, 0.25) is 0 Å². The van der Waals surface area contributed by atoms with Crippen LogP contribution in [0.3, 0.4) is 0 Å². The van der Waals surface area contributed by atoms with Crippen LogP contribution in [0, 0.1) is 0 Å². The number of ether oxygens (including phenoxy) is 1. The zero-order valence-electron chi connectivity index (χ0n) is 8.34. The van der Waals surface area contributed by atoms with Crippen LogP contribution in [-0.2, 0) is 11.2 Å². The summed E-state index contributed by atoms with van der Waals surface area (Å²) < 4.78 is 41.6. The van der Waals surface area contributed by atoms with Crippen LogP contribution in [-0.4, -0.2) is 12.0 Å². The summed E-state index contributed by atoms with van der Waals surface area (Å²) in [5.74, 6) is -1.48. The van der Waals surface area contributed by atoms with Gasteiger partial charge in [0.05, 0.1) is 6.26 Å². The zero-order valence-corrected chi connectivity index (χ0v) is 9.10. The van der Waals surface area contributed by atoms with E-state index in [1.807, 2.05) is 0 Å². The van der Waals surface area contributed by atoms with Crippen molar-refractivity contribution in [1.29, 1.82) is 0 Å². The minimum absolute atomic E-state index is 0.131. The number of Topliss-reactive ketones (excluding diaryl/α,β-unsaturated/α-hetero) is 1. The van der Waals surface area contributed by atoms with E-state index >= 15 is 0 Å². The van der Waals surface area contributed by atoms with Gasteiger partial charge in [0.15, 0.2) is 0 Å². The minimum atomic E-state index is -4.88. The summed E-state index contributed by atoms with van der Waals surface area (Å²) in [5.41, 5.74) is 0.0415. The highest BCUT2D eigenvalue weighted by Crippen LogP contribution is 2.32. The Kier molecular flexibility index (Phi) is 2.87. The maximum Gasteiger partial charge on any atom is 0.454 e. The van der Waals surface area contributed by atoms with Crippen LogP contribution in [0.2, 0.25) is 5.02 Å². The Balaban J connectivity index is 2.28. The molecule has 0 spiro atoms. The average Bonchev–Trinajstić information content (AvgIpc) is 2.25. The summed E-state index contributed by atoms with van der Waals surface area (Å²) in [7, 11) is 0. The van der Waals surface area contributed by atoms with E-state index in [1.165, 1.54) is 6.07 Å². The van der Waals surface area contributed by atoms with Gasteiger partial charge in [0.1, 0.15) is 5.75 Å². The molecule has 17 heavy (non-hydrogen) atoms. The third-order valence-corrected chi connectivity index (χ3v) is 2.52. The first-order valence-corrected chi connectivity index (χ1v) is 5.01. The van der Waals surface area contributed by atoms with Gasteiger partial charge in [-0.1, -0.05) is 11.6 Å². The fraction of sp³-hybridized carbons (Fsp3) is 0.182. The van der Waals surface area contributed by atoms with Gasteiger partial charge in [0.25, 0.3) is 5.78 Å². The fourth-order valence-corrected chi connectivity index (χ4v) is 1.69. The molecule has 0 unspecified atom stereocenters. The van der Waals surface area contributed by atoms with Crippen molar-refractivity contribution in [3.05, 3.63) is 40.6 Å². The quantitative estimate of drug-likeness (QED) is 0.776. The molecule has 1 aliphatic rings. The molecule has 0 radical (unpaired) electrons. The van der Waals surface area contributed by atoms with E-state index in [4.69, 9.17) is 16.3 Å². The number of halogens is 4. The molecule has 0 N–H and O–H groups in total. The van der Waals surface area contributed by atoms with E-state index in [2.05, 4.69) is 0 Å². The van der Waals surface area contributed by atoms with E-state index < -0.39 is 17.5 Å².